The van der Waals surface area contributed by atoms with Crippen LogP contribution in [0.15, 0.2) is 78.9 Å². The molecule has 0 radical (unpaired) electrons. The molecule has 4 rings (SSSR count). The predicted octanol–water partition coefficient (Wildman–Crippen LogP) is 2.67. The van der Waals surface area contributed by atoms with Crippen LogP contribution in [0.5, 0.6) is 0 Å². The topological polar surface area (TPSA) is 116 Å². The van der Waals surface area contributed by atoms with Crippen molar-refractivity contribution in [3.8, 4) is 11.4 Å². The molecule has 3 aromatic carbocycles. The quantitative estimate of drug-likeness (QED) is 0.484. The first-order valence-corrected chi connectivity index (χ1v) is 9.68. The minimum atomic E-state index is -0.507. The summed E-state index contributed by atoms with van der Waals surface area (Å²) in [6, 6.07) is 24.3. The zero-order chi connectivity index (χ0) is 21.6. The molecule has 0 saturated heterocycles. The van der Waals surface area contributed by atoms with Crippen molar-refractivity contribution in [3.05, 3.63) is 95.6 Å². The van der Waals surface area contributed by atoms with Crippen LogP contribution < -0.4 is 11.1 Å². The lowest BCUT2D eigenvalue weighted by molar-refractivity contribution is -0.117. The van der Waals surface area contributed by atoms with Gasteiger partial charge in [0.25, 0.3) is 0 Å². The number of amides is 2. The van der Waals surface area contributed by atoms with Gasteiger partial charge in [-0.3, -0.25) is 9.59 Å². The van der Waals surface area contributed by atoms with Crippen molar-refractivity contribution >= 4 is 17.5 Å². The normalized spacial score (nSPS) is 10.6. The van der Waals surface area contributed by atoms with E-state index >= 15 is 0 Å². The van der Waals surface area contributed by atoms with Crippen LogP contribution >= 0.6 is 0 Å². The lowest BCUT2D eigenvalue weighted by atomic mass is 10.0. The lowest BCUT2D eigenvalue weighted by Crippen LogP contribution is -2.21. The minimum Gasteiger partial charge on any atom is -0.366 e. The van der Waals surface area contributed by atoms with Gasteiger partial charge in [-0.2, -0.15) is 4.80 Å². The van der Waals surface area contributed by atoms with Crippen molar-refractivity contribution in [2.75, 3.05) is 5.32 Å². The molecular weight excluding hydrogens is 392 g/mol. The Morgan fingerprint density at radius 1 is 0.903 bits per heavy atom. The van der Waals surface area contributed by atoms with Crippen LogP contribution in [0, 0.1) is 0 Å². The molecule has 8 nitrogen and oxygen atoms in total. The average Bonchev–Trinajstić information content (AvgIpc) is 3.24. The zero-order valence-corrected chi connectivity index (χ0v) is 16.6. The number of nitrogens with one attached hydrogen (secondary N) is 1. The van der Waals surface area contributed by atoms with Crippen LogP contribution in [-0.2, 0) is 17.8 Å². The fraction of sp³-hybridized carbons (Fsp3) is 0.0870. The van der Waals surface area contributed by atoms with E-state index in [9.17, 15) is 9.59 Å². The number of nitrogens with zero attached hydrogens (tertiary/aromatic N) is 4. The molecule has 0 bridgehead atoms. The maximum atomic E-state index is 12.6. The molecule has 0 aliphatic carbocycles. The maximum Gasteiger partial charge on any atom is 0.248 e. The number of carbonyl (C=O) groups excluding carboxylic acids is 2. The Kier molecular flexibility index (Phi) is 5.79. The highest BCUT2D eigenvalue weighted by Gasteiger charge is 2.12. The third-order valence-electron chi connectivity index (χ3n) is 4.69. The van der Waals surface area contributed by atoms with Crippen LogP contribution in [0.1, 0.15) is 21.5 Å². The summed E-state index contributed by atoms with van der Waals surface area (Å²) in [6.07, 6.45) is 0.713. The van der Waals surface area contributed by atoms with Gasteiger partial charge in [0.15, 0.2) is 0 Å². The largest absolute Gasteiger partial charge is 0.366 e. The van der Waals surface area contributed by atoms with Gasteiger partial charge in [0.05, 0.1) is 0 Å². The maximum absolute atomic E-state index is 12.6. The van der Waals surface area contributed by atoms with Crippen LogP contribution in [-0.4, -0.2) is 32.0 Å². The van der Waals surface area contributed by atoms with E-state index in [0.29, 0.717) is 23.4 Å². The molecule has 8 heteroatoms. The van der Waals surface area contributed by atoms with Gasteiger partial charge in [0.2, 0.25) is 17.6 Å². The summed E-state index contributed by atoms with van der Waals surface area (Å²) in [5.74, 6) is -0.408. The molecule has 3 N–H and O–H groups in total. The Morgan fingerprint density at radius 3 is 2.35 bits per heavy atom. The Balaban J connectivity index is 1.42. The second-order valence-corrected chi connectivity index (χ2v) is 6.95. The first-order valence-electron chi connectivity index (χ1n) is 9.68. The molecule has 0 unspecified atom stereocenters. The van der Waals surface area contributed by atoms with E-state index in [2.05, 4.69) is 32.9 Å². The Morgan fingerprint density at radius 2 is 1.61 bits per heavy atom. The van der Waals surface area contributed by atoms with Gasteiger partial charge >= 0.3 is 0 Å². The fourth-order valence-corrected chi connectivity index (χ4v) is 3.14. The van der Waals surface area contributed by atoms with E-state index in [0.717, 1.165) is 16.8 Å². The molecule has 0 aliphatic rings. The molecule has 0 spiro atoms. The van der Waals surface area contributed by atoms with Crippen molar-refractivity contribution in [2.24, 2.45) is 5.73 Å². The highest BCUT2D eigenvalue weighted by atomic mass is 16.2. The Labute approximate surface area is 178 Å². The third kappa shape index (κ3) is 4.99. The van der Waals surface area contributed by atoms with E-state index in [4.69, 9.17) is 5.73 Å². The van der Waals surface area contributed by atoms with E-state index in [-0.39, 0.29) is 12.5 Å². The highest BCUT2D eigenvalue weighted by Crippen LogP contribution is 2.19. The molecule has 0 atom stereocenters. The average molecular weight is 412 g/mol. The van der Waals surface area contributed by atoms with Gasteiger partial charge in [0.1, 0.15) is 6.54 Å². The molecule has 1 heterocycles. The van der Waals surface area contributed by atoms with E-state index in [1.807, 2.05) is 42.5 Å². The molecule has 31 heavy (non-hydrogen) atoms. The molecule has 2 amide bonds. The van der Waals surface area contributed by atoms with Crippen LogP contribution in [0.25, 0.3) is 11.4 Å². The summed E-state index contributed by atoms with van der Waals surface area (Å²) in [7, 11) is 0. The molecule has 1 aromatic heterocycles. The molecule has 4 aromatic rings. The molecule has 0 fully saturated rings. The van der Waals surface area contributed by atoms with Crippen LogP contribution in [0.4, 0.5) is 5.69 Å². The number of benzene rings is 3. The summed E-state index contributed by atoms with van der Waals surface area (Å²) in [5, 5.41) is 15.1. The molecular formula is C23H20N6O2. The Bertz CT molecular complexity index is 1200. The molecule has 0 saturated carbocycles. The standard InChI is InChI=1S/C23H20N6O2/c24-22(31)17-10-12-18(13-11-17)23-26-28-29(27-23)15-21(30)25-20-9-5-4-8-19(20)14-16-6-2-1-3-7-16/h1-13H,14-15H2,(H2,24,31)(H,25,30). The minimum absolute atomic E-state index is 0.0773. The number of aromatic nitrogens is 4. The SMILES string of the molecule is NC(=O)c1ccc(-c2nnn(CC(=O)Nc3ccccc3Cc3ccccc3)n2)cc1. The fourth-order valence-electron chi connectivity index (χ4n) is 3.14. The van der Waals surface area contributed by atoms with Crippen molar-refractivity contribution in [1.29, 1.82) is 0 Å². The van der Waals surface area contributed by atoms with Crippen molar-refractivity contribution < 1.29 is 9.59 Å². The molecule has 0 aliphatic heterocycles. The number of nitrogens with two attached hydrogens (primary N) is 1. The van der Waals surface area contributed by atoms with Crippen molar-refractivity contribution in [2.45, 2.75) is 13.0 Å². The second kappa shape index (κ2) is 9.00. The summed E-state index contributed by atoms with van der Waals surface area (Å²) >= 11 is 0. The van der Waals surface area contributed by atoms with Gasteiger partial charge in [-0.1, -0.05) is 60.7 Å². The highest BCUT2D eigenvalue weighted by molar-refractivity contribution is 5.93. The van der Waals surface area contributed by atoms with Gasteiger partial charge in [0, 0.05) is 16.8 Å². The number of rotatable bonds is 7. The second-order valence-electron chi connectivity index (χ2n) is 6.95. The first-order chi connectivity index (χ1) is 15.1. The first kappa shape index (κ1) is 20.0. The summed E-state index contributed by atoms with van der Waals surface area (Å²) < 4.78 is 0. The lowest BCUT2D eigenvalue weighted by Gasteiger charge is -2.11. The number of hydrogen-bond acceptors (Lipinski definition) is 5. The summed E-state index contributed by atoms with van der Waals surface area (Å²) in [5.41, 5.74) is 9.24. The summed E-state index contributed by atoms with van der Waals surface area (Å²) in [6.45, 7) is -0.0773. The number of anilines is 1. The smallest absolute Gasteiger partial charge is 0.248 e. The number of primary amides is 1. The zero-order valence-electron chi connectivity index (χ0n) is 16.6. The number of tetrazole rings is 1. The summed E-state index contributed by atoms with van der Waals surface area (Å²) in [4.78, 5) is 25.0. The third-order valence-corrected chi connectivity index (χ3v) is 4.69. The van der Waals surface area contributed by atoms with E-state index in [1.165, 1.54) is 4.80 Å². The number of hydrogen-bond donors (Lipinski definition) is 2. The van der Waals surface area contributed by atoms with Crippen LogP contribution in [0.3, 0.4) is 0 Å². The number of para-hydroxylation sites is 1. The number of carbonyl (C=O) groups is 2. The van der Waals surface area contributed by atoms with Gasteiger partial charge in [-0.25, -0.2) is 0 Å². The van der Waals surface area contributed by atoms with E-state index < -0.39 is 5.91 Å². The van der Waals surface area contributed by atoms with Gasteiger partial charge in [-0.05, 0) is 41.0 Å². The van der Waals surface area contributed by atoms with Gasteiger partial charge < -0.3 is 11.1 Å². The van der Waals surface area contributed by atoms with Crippen molar-refractivity contribution in [3.63, 3.8) is 0 Å². The van der Waals surface area contributed by atoms with Crippen molar-refractivity contribution in [1.82, 2.24) is 20.2 Å². The Hall–Kier alpha value is -4.33. The van der Waals surface area contributed by atoms with Crippen LogP contribution in [0.2, 0.25) is 0 Å². The monoisotopic (exact) mass is 412 g/mol. The van der Waals surface area contributed by atoms with Gasteiger partial charge in [-0.15, -0.1) is 10.2 Å². The predicted molar refractivity (Wildman–Crippen MR) is 116 cm³/mol. The molecule has 154 valence electrons. The van der Waals surface area contributed by atoms with E-state index in [1.54, 1.807) is 24.3 Å².